The first-order valence-corrected chi connectivity index (χ1v) is 7.87. The number of hydrogen-bond acceptors (Lipinski definition) is 1. The molecule has 1 aromatic heterocycles. The number of hydrogen-bond donors (Lipinski definition) is 0. The van der Waals surface area contributed by atoms with Gasteiger partial charge in [0.15, 0.2) is 0 Å². The Bertz CT molecular complexity index is 718. The molecule has 20 heavy (non-hydrogen) atoms. The number of para-hydroxylation sites is 1. The van der Waals surface area contributed by atoms with Crippen LogP contribution in [0.25, 0.3) is 11.0 Å². The molecule has 0 aliphatic rings. The normalized spacial score (nSPS) is 12.8. The minimum absolute atomic E-state index is 0.104. The van der Waals surface area contributed by atoms with Crippen molar-refractivity contribution in [2.45, 2.75) is 11.2 Å². The summed E-state index contributed by atoms with van der Waals surface area (Å²) < 4.78 is 5.85. The highest BCUT2D eigenvalue weighted by Gasteiger charge is 2.14. The van der Waals surface area contributed by atoms with Crippen LogP contribution in [0.15, 0.2) is 52.9 Å². The molecule has 0 bridgehead atoms. The Hall–Kier alpha value is -0.960. The van der Waals surface area contributed by atoms with Crippen LogP contribution in [-0.2, 0) is 6.42 Å². The van der Waals surface area contributed by atoms with E-state index in [9.17, 15) is 0 Å². The number of benzene rings is 2. The molecule has 0 fully saturated rings. The second-order valence-electron chi connectivity index (χ2n) is 4.61. The molecule has 4 heteroatoms. The third kappa shape index (κ3) is 2.88. The average molecular weight is 370 g/mol. The molecule has 1 heterocycles. The maximum atomic E-state index is 6.04. The zero-order chi connectivity index (χ0) is 14.1. The molecule has 1 atom stereocenters. The maximum Gasteiger partial charge on any atom is 0.134 e. The number of alkyl halides is 1. The van der Waals surface area contributed by atoms with Gasteiger partial charge in [-0.25, -0.2) is 0 Å². The van der Waals surface area contributed by atoms with Crippen LogP contribution in [0.1, 0.15) is 16.2 Å². The van der Waals surface area contributed by atoms with Gasteiger partial charge < -0.3 is 4.42 Å². The van der Waals surface area contributed by atoms with Crippen molar-refractivity contribution in [3.63, 3.8) is 0 Å². The standard InChI is InChI=1S/C16H11BrCl2O/c17-12(7-10-5-6-13(18)14(19)8-10)16-9-11-3-1-2-4-15(11)20-16/h1-6,8-9,12H,7H2. The molecular formula is C16H11BrCl2O. The van der Waals surface area contributed by atoms with Crippen LogP contribution in [-0.4, -0.2) is 0 Å². The van der Waals surface area contributed by atoms with Crippen molar-refractivity contribution in [1.29, 1.82) is 0 Å². The topological polar surface area (TPSA) is 13.1 Å². The average Bonchev–Trinajstić information content (AvgIpc) is 2.87. The molecule has 0 spiro atoms. The van der Waals surface area contributed by atoms with Gasteiger partial charge in [0, 0.05) is 5.39 Å². The molecule has 0 aliphatic carbocycles. The van der Waals surface area contributed by atoms with Gasteiger partial charge in [0.05, 0.1) is 14.9 Å². The third-order valence-corrected chi connectivity index (χ3v) is 4.67. The first-order chi connectivity index (χ1) is 9.63. The monoisotopic (exact) mass is 368 g/mol. The zero-order valence-electron chi connectivity index (χ0n) is 10.4. The van der Waals surface area contributed by atoms with Gasteiger partial charge in [0.25, 0.3) is 0 Å². The summed E-state index contributed by atoms with van der Waals surface area (Å²) in [5, 5.41) is 2.26. The van der Waals surface area contributed by atoms with Gasteiger partial charge in [-0.1, -0.05) is 63.4 Å². The van der Waals surface area contributed by atoms with E-state index in [1.807, 2.05) is 42.5 Å². The van der Waals surface area contributed by atoms with Gasteiger partial charge in [-0.05, 0) is 36.2 Å². The van der Waals surface area contributed by atoms with Crippen molar-refractivity contribution in [2.24, 2.45) is 0 Å². The lowest BCUT2D eigenvalue weighted by Crippen LogP contribution is -1.93. The molecule has 102 valence electrons. The molecule has 0 radical (unpaired) electrons. The predicted octanol–water partition coefficient (Wildman–Crippen LogP) is 6.42. The first kappa shape index (κ1) is 14.0. The Labute approximate surface area is 135 Å². The van der Waals surface area contributed by atoms with E-state index in [0.29, 0.717) is 10.0 Å². The molecule has 0 amide bonds. The molecule has 3 aromatic rings. The summed E-state index contributed by atoms with van der Waals surface area (Å²) >= 11 is 15.6. The first-order valence-electron chi connectivity index (χ1n) is 6.20. The highest BCUT2D eigenvalue weighted by atomic mass is 79.9. The van der Waals surface area contributed by atoms with E-state index in [0.717, 1.165) is 28.7 Å². The van der Waals surface area contributed by atoms with Crippen molar-refractivity contribution in [3.8, 4) is 0 Å². The Morgan fingerprint density at radius 2 is 1.80 bits per heavy atom. The van der Waals surface area contributed by atoms with Crippen LogP contribution >= 0.6 is 39.1 Å². The van der Waals surface area contributed by atoms with Crippen molar-refractivity contribution >= 4 is 50.1 Å². The van der Waals surface area contributed by atoms with E-state index < -0.39 is 0 Å². The van der Waals surface area contributed by atoms with E-state index in [1.165, 1.54) is 0 Å². The molecule has 0 saturated carbocycles. The molecule has 1 nitrogen and oxygen atoms in total. The lowest BCUT2D eigenvalue weighted by atomic mass is 10.1. The smallest absolute Gasteiger partial charge is 0.134 e. The van der Waals surface area contributed by atoms with Crippen molar-refractivity contribution in [2.75, 3.05) is 0 Å². The fourth-order valence-electron chi connectivity index (χ4n) is 2.13. The second-order valence-corrected chi connectivity index (χ2v) is 6.53. The van der Waals surface area contributed by atoms with Crippen LogP contribution < -0.4 is 0 Å². The maximum absolute atomic E-state index is 6.04. The highest BCUT2D eigenvalue weighted by Crippen LogP contribution is 2.33. The summed E-state index contributed by atoms with van der Waals surface area (Å²) in [6, 6.07) is 15.7. The summed E-state index contributed by atoms with van der Waals surface area (Å²) in [5.74, 6) is 0.914. The Kier molecular flexibility index (Phi) is 4.06. The minimum atomic E-state index is 0.104. The fourth-order valence-corrected chi connectivity index (χ4v) is 3.05. The summed E-state index contributed by atoms with van der Waals surface area (Å²) in [5.41, 5.74) is 2.02. The van der Waals surface area contributed by atoms with Gasteiger partial charge in [0.2, 0.25) is 0 Å². The molecule has 0 saturated heterocycles. The molecule has 3 rings (SSSR count). The van der Waals surface area contributed by atoms with Crippen LogP contribution in [0.4, 0.5) is 0 Å². The molecule has 0 N–H and O–H groups in total. The SMILES string of the molecule is Clc1ccc(CC(Br)c2cc3ccccc3o2)cc1Cl. The van der Waals surface area contributed by atoms with Gasteiger partial charge in [-0.3, -0.25) is 0 Å². The number of halogens is 3. The van der Waals surface area contributed by atoms with E-state index in [2.05, 4.69) is 22.0 Å². The fraction of sp³-hybridized carbons (Fsp3) is 0.125. The highest BCUT2D eigenvalue weighted by molar-refractivity contribution is 9.09. The van der Waals surface area contributed by atoms with E-state index in [-0.39, 0.29) is 4.83 Å². The van der Waals surface area contributed by atoms with E-state index in [4.69, 9.17) is 27.6 Å². The molecule has 0 aliphatic heterocycles. The van der Waals surface area contributed by atoms with Crippen LogP contribution in [0.3, 0.4) is 0 Å². The second kappa shape index (κ2) is 5.80. The largest absolute Gasteiger partial charge is 0.460 e. The van der Waals surface area contributed by atoms with Crippen LogP contribution in [0, 0.1) is 0 Å². The number of rotatable bonds is 3. The summed E-state index contributed by atoms with van der Waals surface area (Å²) in [4.78, 5) is 0.104. The Balaban J connectivity index is 1.84. The van der Waals surface area contributed by atoms with Crippen molar-refractivity contribution in [3.05, 3.63) is 69.9 Å². The van der Waals surface area contributed by atoms with Gasteiger partial charge >= 0.3 is 0 Å². The Morgan fingerprint density at radius 3 is 2.55 bits per heavy atom. The molecule has 2 aromatic carbocycles. The Morgan fingerprint density at radius 1 is 1.00 bits per heavy atom. The minimum Gasteiger partial charge on any atom is -0.460 e. The summed E-state index contributed by atoms with van der Waals surface area (Å²) in [7, 11) is 0. The number of furan rings is 1. The van der Waals surface area contributed by atoms with Gasteiger partial charge in [-0.15, -0.1) is 0 Å². The lowest BCUT2D eigenvalue weighted by molar-refractivity contribution is 0.545. The quantitative estimate of drug-likeness (QED) is 0.485. The number of fused-ring (bicyclic) bond motifs is 1. The third-order valence-electron chi connectivity index (χ3n) is 3.15. The van der Waals surface area contributed by atoms with Crippen molar-refractivity contribution < 1.29 is 4.42 Å². The molecular weight excluding hydrogens is 359 g/mol. The predicted molar refractivity (Wildman–Crippen MR) is 88.0 cm³/mol. The summed E-state index contributed by atoms with van der Waals surface area (Å²) in [6.07, 6.45) is 0.788. The summed E-state index contributed by atoms with van der Waals surface area (Å²) in [6.45, 7) is 0. The van der Waals surface area contributed by atoms with Gasteiger partial charge in [-0.2, -0.15) is 0 Å². The van der Waals surface area contributed by atoms with E-state index in [1.54, 1.807) is 0 Å². The zero-order valence-corrected chi connectivity index (χ0v) is 13.5. The van der Waals surface area contributed by atoms with Crippen LogP contribution in [0.5, 0.6) is 0 Å². The molecule has 1 unspecified atom stereocenters. The van der Waals surface area contributed by atoms with E-state index >= 15 is 0 Å². The van der Waals surface area contributed by atoms with Crippen LogP contribution in [0.2, 0.25) is 10.0 Å². The lowest BCUT2D eigenvalue weighted by Gasteiger charge is -2.07. The van der Waals surface area contributed by atoms with Crippen molar-refractivity contribution in [1.82, 2.24) is 0 Å². The van der Waals surface area contributed by atoms with Gasteiger partial charge in [0.1, 0.15) is 11.3 Å².